The van der Waals surface area contributed by atoms with E-state index < -0.39 is 17.7 Å². The molecule has 0 bridgehead atoms. The molecule has 1 fully saturated rings. The number of aromatic nitrogens is 2. The van der Waals surface area contributed by atoms with Crippen LogP contribution < -0.4 is 4.74 Å². The number of carbonyl (C=O) groups excluding carboxylic acids is 2. The van der Waals surface area contributed by atoms with Crippen molar-refractivity contribution in [1.29, 1.82) is 0 Å². The second-order valence-electron chi connectivity index (χ2n) is 7.73. The van der Waals surface area contributed by atoms with Crippen LogP contribution in [0.5, 0.6) is 5.75 Å². The van der Waals surface area contributed by atoms with Crippen molar-refractivity contribution >= 4 is 17.4 Å². The van der Waals surface area contributed by atoms with Crippen molar-refractivity contribution < 1.29 is 19.4 Å². The van der Waals surface area contributed by atoms with E-state index in [9.17, 15) is 14.7 Å². The van der Waals surface area contributed by atoms with Crippen LogP contribution in [0, 0.1) is 13.8 Å². The third kappa shape index (κ3) is 3.95. The predicted molar refractivity (Wildman–Crippen MR) is 113 cm³/mol. The average molecular weight is 412 g/mol. The van der Waals surface area contributed by atoms with Crippen molar-refractivity contribution in [2.75, 3.05) is 34.3 Å². The Morgan fingerprint density at radius 2 is 1.90 bits per heavy atom. The molecule has 1 saturated heterocycles. The number of nitrogens with zero attached hydrogens (tertiary/aromatic N) is 3. The maximum absolute atomic E-state index is 13.0. The topological polar surface area (TPSA) is 98.8 Å². The molecule has 0 saturated carbocycles. The summed E-state index contributed by atoms with van der Waals surface area (Å²) < 4.78 is 5.23. The number of aryl methyl sites for hydroxylation is 2. The molecule has 2 N–H and O–H groups in total. The van der Waals surface area contributed by atoms with Crippen molar-refractivity contribution in [3.63, 3.8) is 0 Å². The van der Waals surface area contributed by atoms with Crippen LogP contribution in [0.15, 0.2) is 29.8 Å². The van der Waals surface area contributed by atoms with Crippen LogP contribution in [-0.4, -0.2) is 71.1 Å². The molecule has 30 heavy (non-hydrogen) atoms. The summed E-state index contributed by atoms with van der Waals surface area (Å²) in [7, 11) is 5.49. The number of ether oxygens (including phenoxy) is 1. The Morgan fingerprint density at radius 3 is 2.43 bits per heavy atom. The van der Waals surface area contributed by atoms with Crippen LogP contribution in [0.2, 0.25) is 0 Å². The van der Waals surface area contributed by atoms with Gasteiger partial charge in [0.1, 0.15) is 11.5 Å². The maximum atomic E-state index is 13.0. The average Bonchev–Trinajstić information content (AvgIpc) is 3.18. The van der Waals surface area contributed by atoms with Gasteiger partial charge in [-0.05, 0) is 58.6 Å². The molecule has 1 amide bonds. The number of H-pyrrole nitrogens is 1. The van der Waals surface area contributed by atoms with Gasteiger partial charge in [-0.3, -0.25) is 14.7 Å². The molecule has 0 spiro atoms. The van der Waals surface area contributed by atoms with Gasteiger partial charge in [-0.2, -0.15) is 5.10 Å². The normalized spacial score (nSPS) is 18.5. The number of carbonyl (C=O) groups is 2. The van der Waals surface area contributed by atoms with Gasteiger partial charge in [0, 0.05) is 12.2 Å². The molecule has 0 aliphatic carbocycles. The smallest absolute Gasteiger partial charge is 0.295 e. The first-order valence-corrected chi connectivity index (χ1v) is 9.85. The van der Waals surface area contributed by atoms with Crippen molar-refractivity contribution in [3.05, 3.63) is 52.4 Å². The molecule has 1 atom stereocenters. The number of aliphatic hydroxyl groups is 1. The van der Waals surface area contributed by atoms with Gasteiger partial charge in [0.05, 0.1) is 30.0 Å². The number of aromatic amines is 1. The molecule has 2 heterocycles. The lowest BCUT2D eigenvalue weighted by atomic mass is 9.94. The summed E-state index contributed by atoms with van der Waals surface area (Å²) >= 11 is 0. The van der Waals surface area contributed by atoms with Crippen molar-refractivity contribution in [1.82, 2.24) is 20.0 Å². The summed E-state index contributed by atoms with van der Waals surface area (Å²) in [5.41, 5.74) is 2.48. The van der Waals surface area contributed by atoms with Crippen molar-refractivity contribution in [2.24, 2.45) is 0 Å². The van der Waals surface area contributed by atoms with E-state index >= 15 is 0 Å². The van der Waals surface area contributed by atoms with Crippen molar-refractivity contribution in [2.45, 2.75) is 26.3 Å². The molecule has 1 aromatic heterocycles. The van der Waals surface area contributed by atoms with E-state index in [2.05, 4.69) is 10.2 Å². The van der Waals surface area contributed by atoms with Gasteiger partial charge < -0.3 is 19.6 Å². The second-order valence-corrected chi connectivity index (χ2v) is 7.73. The molecule has 160 valence electrons. The third-order valence-corrected chi connectivity index (χ3v) is 5.34. The quantitative estimate of drug-likeness (QED) is 0.412. The van der Waals surface area contributed by atoms with Crippen LogP contribution in [0.1, 0.15) is 35.0 Å². The van der Waals surface area contributed by atoms with E-state index in [1.807, 2.05) is 31.1 Å². The Balaban J connectivity index is 2.11. The lowest BCUT2D eigenvalue weighted by Gasteiger charge is -2.26. The fourth-order valence-corrected chi connectivity index (χ4v) is 3.84. The number of nitrogens with one attached hydrogen (secondary N) is 1. The van der Waals surface area contributed by atoms with Crippen LogP contribution in [0.25, 0.3) is 5.76 Å². The number of Topliss-reactive ketones (excluding diaryl/α,β-unsaturated/α-hetero) is 1. The van der Waals surface area contributed by atoms with Gasteiger partial charge in [-0.1, -0.05) is 12.1 Å². The summed E-state index contributed by atoms with van der Waals surface area (Å²) in [5.74, 6) is -0.814. The highest BCUT2D eigenvalue weighted by molar-refractivity contribution is 6.46. The summed E-state index contributed by atoms with van der Waals surface area (Å²) in [6.07, 6.45) is 0.705. The van der Waals surface area contributed by atoms with Gasteiger partial charge in [0.2, 0.25) is 0 Å². The third-order valence-electron chi connectivity index (χ3n) is 5.34. The number of methoxy groups -OCH3 is 1. The molecule has 1 aliphatic rings. The number of amides is 1. The molecule has 0 radical (unpaired) electrons. The zero-order valence-corrected chi connectivity index (χ0v) is 18.0. The van der Waals surface area contributed by atoms with Gasteiger partial charge >= 0.3 is 0 Å². The largest absolute Gasteiger partial charge is 0.507 e. The van der Waals surface area contributed by atoms with E-state index in [1.54, 1.807) is 38.0 Å². The number of hydrogen-bond acceptors (Lipinski definition) is 6. The van der Waals surface area contributed by atoms with Crippen molar-refractivity contribution in [3.8, 4) is 5.75 Å². The minimum absolute atomic E-state index is 0.0858. The standard InChI is InChI=1S/C22H28N4O4/c1-13-17(14(2)24-23-13)20(27)18-19(15-7-9-16(30-5)10-8-15)26(22(29)21(18)28)12-6-11-25(3)4/h7-10,19,27H,6,11-12H2,1-5H3,(H,23,24)/b20-18+/t19-/m1/s1. The molecule has 1 aromatic carbocycles. The van der Waals surface area contributed by atoms with E-state index in [0.29, 0.717) is 35.7 Å². The fraction of sp³-hybridized carbons (Fsp3) is 0.409. The summed E-state index contributed by atoms with van der Waals surface area (Å²) in [6.45, 7) is 4.69. The number of ketones is 1. The lowest BCUT2D eigenvalue weighted by Crippen LogP contribution is -2.32. The Hall–Kier alpha value is -3.13. The molecule has 8 heteroatoms. The number of hydrogen-bond donors (Lipinski definition) is 2. The first-order valence-electron chi connectivity index (χ1n) is 9.85. The Labute approximate surface area is 176 Å². The van der Waals surface area contributed by atoms with Crippen LogP contribution in [-0.2, 0) is 9.59 Å². The maximum Gasteiger partial charge on any atom is 0.295 e. The predicted octanol–water partition coefficient (Wildman–Crippen LogP) is 2.41. The Bertz CT molecular complexity index is 956. The first-order chi connectivity index (χ1) is 14.3. The molecule has 8 nitrogen and oxygen atoms in total. The number of benzene rings is 1. The molecular formula is C22H28N4O4. The zero-order chi connectivity index (χ0) is 22.0. The van der Waals surface area contributed by atoms with E-state index in [1.165, 1.54) is 0 Å². The number of rotatable bonds is 7. The van der Waals surface area contributed by atoms with Crippen LogP contribution >= 0.6 is 0 Å². The minimum atomic E-state index is -0.682. The SMILES string of the molecule is COc1ccc([C@@H]2/C(=C(\O)c3c(C)n[nH]c3C)C(=O)C(=O)N2CCCN(C)C)cc1. The summed E-state index contributed by atoms with van der Waals surface area (Å²) in [6, 6.07) is 6.52. The molecule has 0 unspecified atom stereocenters. The highest BCUT2D eigenvalue weighted by Crippen LogP contribution is 2.40. The van der Waals surface area contributed by atoms with E-state index in [0.717, 1.165) is 12.1 Å². The minimum Gasteiger partial charge on any atom is -0.507 e. The van der Waals surface area contributed by atoms with E-state index in [4.69, 9.17) is 4.74 Å². The fourth-order valence-electron chi connectivity index (χ4n) is 3.84. The lowest BCUT2D eigenvalue weighted by molar-refractivity contribution is -0.139. The van der Waals surface area contributed by atoms with Gasteiger partial charge in [0.25, 0.3) is 11.7 Å². The number of likely N-dealkylation sites (tertiary alicyclic amines) is 1. The highest BCUT2D eigenvalue weighted by atomic mass is 16.5. The summed E-state index contributed by atoms with van der Waals surface area (Å²) in [5, 5.41) is 18.0. The van der Waals surface area contributed by atoms with Gasteiger partial charge in [-0.15, -0.1) is 0 Å². The van der Waals surface area contributed by atoms with Crippen LogP contribution in [0.4, 0.5) is 0 Å². The molecular weight excluding hydrogens is 384 g/mol. The highest BCUT2D eigenvalue weighted by Gasteiger charge is 2.46. The number of aliphatic hydroxyl groups excluding tert-OH is 1. The van der Waals surface area contributed by atoms with Gasteiger partial charge in [-0.25, -0.2) is 0 Å². The first kappa shape index (κ1) is 21.6. The van der Waals surface area contributed by atoms with Gasteiger partial charge in [0.15, 0.2) is 0 Å². The Morgan fingerprint density at radius 1 is 1.23 bits per heavy atom. The monoisotopic (exact) mass is 412 g/mol. The molecule has 1 aliphatic heterocycles. The zero-order valence-electron chi connectivity index (χ0n) is 18.0. The Kier molecular flexibility index (Phi) is 6.26. The van der Waals surface area contributed by atoms with E-state index in [-0.39, 0.29) is 11.3 Å². The molecule has 3 rings (SSSR count). The summed E-state index contributed by atoms with van der Waals surface area (Å²) in [4.78, 5) is 29.5. The van der Waals surface area contributed by atoms with Crippen LogP contribution in [0.3, 0.4) is 0 Å². The molecule has 2 aromatic rings. The second kappa shape index (κ2) is 8.71.